The van der Waals surface area contributed by atoms with Crippen molar-refractivity contribution < 1.29 is 18.0 Å². The lowest BCUT2D eigenvalue weighted by molar-refractivity contribution is -0.126. The minimum absolute atomic E-state index is 0. The van der Waals surface area contributed by atoms with Crippen molar-refractivity contribution in [3.05, 3.63) is 24.3 Å². The molecule has 0 aromatic heterocycles. The van der Waals surface area contributed by atoms with E-state index in [1.54, 1.807) is 6.07 Å². The Morgan fingerprint density at radius 1 is 1.38 bits per heavy atom. The molecule has 10 heteroatoms. The molecular weight excluding hydrogens is 356 g/mol. The zero-order valence-corrected chi connectivity index (χ0v) is 14.6. The zero-order chi connectivity index (χ0) is 17.0. The van der Waals surface area contributed by atoms with E-state index < -0.39 is 15.9 Å². The third-order valence-corrected chi connectivity index (χ3v) is 4.54. The highest BCUT2D eigenvalue weighted by molar-refractivity contribution is 7.89. The topological polar surface area (TPSA) is 136 Å². The number of nitrogens with zero attached hydrogens (tertiary/aromatic N) is 1. The van der Waals surface area contributed by atoms with Crippen molar-refractivity contribution in [1.82, 2.24) is 5.32 Å². The zero-order valence-electron chi connectivity index (χ0n) is 13.0. The molecule has 1 heterocycles. The minimum atomic E-state index is -3.85. The van der Waals surface area contributed by atoms with Gasteiger partial charge in [-0.2, -0.15) is 0 Å². The van der Waals surface area contributed by atoms with E-state index in [-0.39, 0.29) is 42.1 Å². The maximum atomic E-state index is 12.1. The number of nitrogens with two attached hydrogens (primary N) is 2. The molecule has 8 nitrogen and oxygen atoms in total. The van der Waals surface area contributed by atoms with E-state index >= 15 is 0 Å². The van der Waals surface area contributed by atoms with Crippen molar-refractivity contribution in [2.45, 2.75) is 17.7 Å². The van der Waals surface area contributed by atoms with Gasteiger partial charge in [-0.3, -0.25) is 9.59 Å². The second-order valence-electron chi connectivity index (χ2n) is 5.38. The van der Waals surface area contributed by atoms with Gasteiger partial charge in [0, 0.05) is 25.2 Å². The van der Waals surface area contributed by atoms with E-state index in [9.17, 15) is 18.0 Å². The number of primary sulfonamides is 1. The van der Waals surface area contributed by atoms with E-state index in [2.05, 4.69) is 5.32 Å². The van der Waals surface area contributed by atoms with Crippen molar-refractivity contribution in [3.8, 4) is 0 Å². The van der Waals surface area contributed by atoms with Crippen LogP contribution in [0.1, 0.15) is 12.8 Å². The summed E-state index contributed by atoms with van der Waals surface area (Å²) in [6.45, 7) is 1.17. The Kier molecular flexibility index (Phi) is 7.15. The number of nitrogens with one attached hydrogen (secondary N) is 1. The monoisotopic (exact) mass is 376 g/mol. The van der Waals surface area contributed by atoms with Gasteiger partial charge in [0.15, 0.2) is 0 Å². The molecule has 1 aliphatic rings. The van der Waals surface area contributed by atoms with Crippen molar-refractivity contribution in [2.75, 3.05) is 24.5 Å². The molecule has 0 bridgehead atoms. The predicted octanol–water partition coefficient (Wildman–Crippen LogP) is -0.426. The lowest BCUT2D eigenvalue weighted by Crippen LogP contribution is -2.34. The number of anilines is 1. The van der Waals surface area contributed by atoms with Crippen molar-refractivity contribution in [2.24, 2.45) is 16.8 Å². The first-order chi connectivity index (χ1) is 10.8. The molecule has 1 aromatic carbocycles. The van der Waals surface area contributed by atoms with Crippen LogP contribution in [0, 0.1) is 5.92 Å². The summed E-state index contributed by atoms with van der Waals surface area (Å²) in [5.41, 5.74) is 5.78. The Labute approximate surface area is 147 Å². The summed E-state index contributed by atoms with van der Waals surface area (Å²) >= 11 is 0. The molecule has 24 heavy (non-hydrogen) atoms. The molecule has 2 amide bonds. The molecule has 1 aliphatic heterocycles. The summed E-state index contributed by atoms with van der Waals surface area (Å²) < 4.78 is 22.8. The maximum absolute atomic E-state index is 12.1. The maximum Gasteiger partial charge on any atom is 0.238 e. The quantitative estimate of drug-likeness (QED) is 0.579. The first-order valence-corrected chi connectivity index (χ1v) is 8.78. The summed E-state index contributed by atoms with van der Waals surface area (Å²) in [5.74, 6) is -0.883. The SMILES string of the molecule is Cl.NCCCNC(=O)C1CC(=O)N(c2cccc(S(N)(=O)=O)c2)C1. The van der Waals surface area contributed by atoms with Gasteiger partial charge in [0.2, 0.25) is 21.8 Å². The fraction of sp³-hybridized carbons (Fsp3) is 0.429. The van der Waals surface area contributed by atoms with Crippen LogP contribution in [0.15, 0.2) is 29.2 Å². The highest BCUT2D eigenvalue weighted by Crippen LogP contribution is 2.26. The fourth-order valence-corrected chi connectivity index (χ4v) is 2.97. The van der Waals surface area contributed by atoms with Gasteiger partial charge in [0.1, 0.15) is 0 Å². The van der Waals surface area contributed by atoms with Crippen LogP contribution < -0.4 is 21.1 Å². The third-order valence-electron chi connectivity index (χ3n) is 3.63. The summed E-state index contributed by atoms with van der Waals surface area (Å²) in [5, 5.41) is 7.84. The van der Waals surface area contributed by atoms with Gasteiger partial charge in [-0.05, 0) is 31.2 Å². The Balaban J connectivity index is 0.00000288. The number of hydrogen-bond acceptors (Lipinski definition) is 5. The van der Waals surface area contributed by atoms with Gasteiger partial charge in [-0.1, -0.05) is 6.07 Å². The summed E-state index contributed by atoms with van der Waals surface area (Å²) in [6.07, 6.45) is 0.764. The van der Waals surface area contributed by atoms with E-state index in [4.69, 9.17) is 10.9 Å². The number of sulfonamides is 1. The Bertz CT molecular complexity index is 710. The Morgan fingerprint density at radius 2 is 2.08 bits per heavy atom. The molecule has 1 fully saturated rings. The minimum Gasteiger partial charge on any atom is -0.356 e. The lowest BCUT2D eigenvalue weighted by Gasteiger charge is -2.17. The molecule has 0 radical (unpaired) electrons. The molecule has 2 rings (SSSR count). The molecule has 1 unspecified atom stereocenters. The Morgan fingerprint density at radius 3 is 2.71 bits per heavy atom. The molecule has 1 atom stereocenters. The highest BCUT2D eigenvalue weighted by Gasteiger charge is 2.35. The van der Waals surface area contributed by atoms with Crippen molar-refractivity contribution >= 4 is 39.9 Å². The van der Waals surface area contributed by atoms with E-state index in [1.165, 1.54) is 23.1 Å². The fourth-order valence-electron chi connectivity index (χ4n) is 2.42. The first-order valence-electron chi connectivity index (χ1n) is 7.24. The van der Waals surface area contributed by atoms with Crippen LogP contribution in [0.5, 0.6) is 0 Å². The van der Waals surface area contributed by atoms with Gasteiger partial charge < -0.3 is 16.0 Å². The van der Waals surface area contributed by atoms with Crippen molar-refractivity contribution in [1.29, 1.82) is 0 Å². The number of amides is 2. The predicted molar refractivity (Wildman–Crippen MR) is 92.2 cm³/mol. The summed E-state index contributed by atoms with van der Waals surface area (Å²) in [4.78, 5) is 25.5. The molecule has 1 saturated heterocycles. The standard InChI is InChI=1S/C14H20N4O4S.ClH/c15-5-2-6-17-14(20)10-7-13(19)18(9-10)11-3-1-4-12(8-11)23(16,21)22;/h1,3-4,8,10H,2,5-7,9,15H2,(H,17,20)(H2,16,21,22);1H. The number of carbonyl (C=O) groups excluding carboxylic acids is 2. The van der Waals surface area contributed by atoms with Crippen LogP contribution in [-0.4, -0.2) is 39.9 Å². The van der Waals surface area contributed by atoms with Gasteiger partial charge in [-0.25, -0.2) is 13.6 Å². The number of benzene rings is 1. The van der Waals surface area contributed by atoms with Crippen molar-refractivity contribution in [3.63, 3.8) is 0 Å². The first kappa shape index (κ1) is 20.4. The molecule has 0 aliphatic carbocycles. The lowest BCUT2D eigenvalue weighted by atomic mass is 10.1. The van der Waals surface area contributed by atoms with Gasteiger partial charge in [0.05, 0.1) is 10.8 Å². The van der Waals surface area contributed by atoms with Gasteiger partial charge in [0.25, 0.3) is 0 Å². The molecule has 1 aromatic rings. The molecule has 134 valence electrons. The summed E-state index contributed by atoms with van der Waals surface area (Å²) in [6, 6.07) is 5.82. The van der Waals surface area contributed by atoms with Crippen LogP contribution in [0.25, 0.3) is 0 Å². The molecule has 5 N–H and O–H groups in total. The van der Waals surface area contributed by atoms with Crippen LogP contribution >= 0.6 is 12.4 Å². The number of carbonyl (C=O) groups is 2. The van der Waals surface area contributed by atoms with Crippen LogP contribution in [0.3, 0.4) is 0 Å². The molecule has 0 spiro atoms. The Hall–Kier alpha value is -1.68. The molecule has 0 saturated carbocycles. The van der Waals surface area contributed by atoms with Crippen LogP contribution in [0.2, 0.25) is 0 Å². The number of rotatable bonds is 6. The van der Waals surface area contributed by atoms with E-state index in [0.717, 1.165) is 0 Å². The van der Waals surface area contributed by atoms with Gasteiger partial charge >= 0.3 is 0 Å². The van der Waals surface area contributed by atoms with E-state index in [1.807, 2.05) is 0 Å². The molecular formula is C14H21ClN4O4S. The number of halogens is 1. The normalized spacial score (nSPS) is 17.5. The third kappa shape index (κ3) is 4.91. The average molecular weight is 377 g/mol. The average Bonchev–Trinajstić information content (AvgIpc) is 2.89. The van der Waals surface area contributed by atoms with Crippen LogP contribution in [-0.2, 0) is 19.6 Å². The largest absolute Gasteiger partial charge is 0.356 e. The van der Waals surface area contributed by atoms with Gasteiger partial charge in [-0.15, -0.1) is 12.4 Å². The second kappa shape index (κ2) is 8.43. The smallest absolute Gasteiger partial charge is 0.238 e. The van der Waals surface area contributed by atoms with Crippen LogP contribution in [0.4, 0.5) is 5.69 Å². The second-order valence-corrected chi connectivity index (χ2v) is 6.94. The summed E-state index contributed by atoms with van der Waals surface area (Å²) in [7, 11) is -3.85. The highest BCUT2D eigenvalue weighted by atomic mass is 35.5. The van der Waals surface area contributed by atoms with E-state index in [0.29, 0.717) is 25.2 Å². The number of hydrogen-bond donors (Lipinski definition) is 3.